The smallest absolute Gasteiger partial charge is 0.269 e. The second-order valence-corrected chi connectivity index (χ2v) is 6.01. The second-order valence-electron chi connectivity index (χ2n) is 4.98. The van der Waals surface area contributed by atoms with Crippen molar-refractivity contribution in [1.29, 1.82) is 0 Å². The highest BCUT2D eigenvalue weighted by Gasteiger charge is 2.39. The van der Waals surface area contributed by atoms with E-state index in [0.29, 0.717) is 5.71 Å². The normalized spacial score (nSPS) is 22.4. The van der Waals surface area contributed by atoms with E-state index in [9.17, 15) is 4.79 Å². The first-order valence-electron chi connectivity index (χ1n) is 7.22. The molecular weight excluding hydrogens is 308 g/mol. The van der Waals surface area contributed by atoms with Crippen LogP contribution >= 0.6 is 11.3 Å². The fraction of sp³-hybridized carbons (Fsp3) is 0.167. The van der Waals surface area contributed by atoms with Gasteiger partial charge in [-0.15, -0.1) is 11.3 Å². The third-order valence-corrected chi connectivity index (χ3v) is 4.70. The molecule has 1 atom stereocenters. The van der Waals surface area contributed by atoms with Crippen LogP contribution in [-0.2, 0) is 15.1 Å². The lowest BCUT2D eigenvalue weighted by atomic mass is 9.93. The number of amides is 1. The number of fused-ring (bicyclic) bond motifs is 1. The molecular formula is C18H16N2O2S. The van der Waals surface area contributed by atoms with Crippen molar-refractivity contribution in [1.82, 2.24) is 4.98 Å². The summed E-state index contributed by atoms with van der Waals surface area (Å²) in [5, 5.41) is 0.758. The van der Waals surface area contributed by atoms with Crippen molar-refractivity contribution in [3.8, 4) is 0 Å². The minimum atomic E-state index is -0.935. The first kappa shape index (κ1) is 15.5. The first-order chi connectivity index (χ1) is 11.2. The Morgan fingerprint density at radius 2 is 2.17 bits per heavy atom. The van der Waals surface area contributed by atoms with Gasteiger partial charge in [-0.25, -0.2) is 9.98 Å². The van der Waals surface area contributed by atoms with Gasteiger partial charge < -0.3 is 4.74 Å². The summed E-state index contributed by atoms with van der Waals surface area (Å²) < 4.78 is 6.86. The Labute approximate surface area is 138 Å². The molecule has 1 heterocycles. The summed E-state index contributed by atoms with van der Waals surface area (Å²) in [6.45, 7) is 1.78. The fourth-order valence-corrected chi connectivity index (χ4v) is 3.56. The lowest BCUT2D eigenvalue weighted by molar-refractivity contribution is -0.113. The Bertz CT molecular complexity index is 828. The highest BCUT2D eigenvalue weighted by molar-refractivity contribution is 7.18. The summed E-state index contributed by atoms with van der Waals surface area (Å²) in [7, 11) is 1.60. The van der Waals surface area contributed by atoms with Gasteiger partial charge in [0, 0.05) is 13.2 Å². The monoisotopic (exact) mass is 324 g/mol. The van der Waals surface area contributed by atoms with Gasteiger partial charge >= 0.3 is 0 Å². The fourth-order valence-electron chi connectivity index (χ4n) is 2.44. The quantitative estimate of drug-likeness (QED) is 0.807. The molecule has 4 nitrogen and oxygen atoms in total. The zero-order chi connectivity index (χ0) is 16.3. The van der Waals surface area contributed by atoms with Crippen molar-refractivity contribution in [2.24, 2.45) is 4.99 Å². The predicted molar refractivity (Wildman–Crippen MR) is 93.8 cm³/mol. The number of thiazole rings is 1. The van der Waals surface area contributed by atoms with Crippen molar-refractivity contribution < 1.29 is 9.53 Å². The van der Waals surface area contributed by atoms with E-state index in [0.717, 1.165) is 15.2 Å². The molecule has 1 aliphatic rings. The Hall–Kier alpha value is -2.37. The molecule has 116 valence electrons. The second kappa shape index (κ2) is 6.40. The van der Waals surface area contributed by atoms with E-state index < -0.39 is 5.60 Å². The molecule has 3 rings (SSSR count). The van der Waals surface area contributed by atoms with Gasteiger partial charge in [-0.05, 0) is 31.2 Å². The van der Waals surface area contributed by atoms with Crippen molar-refractivity contribution >= 4 is 33.2 Å². The third-order valence-electron chi connectivity index (χ3n) is 3.55. The number of hydrogen-bond donors (Lipinski definition) is 0. The van der Waals surface area contributed by atoms with Crippen molar-refractivity contribution in [2.45, 2.75) is 12.5 Å². The van der Waals surface area contributed by atoms with E-state index in [1.165, 1.54) is 6.08 Å². The Balaban J connectivity index is 2.15. The highest BCUT2D eigenvalue weighted by atomic mass is 32.1. The Kier molecular flexibility index (Phi) is 4.32. The summed E-state index contributed by atoms with van der Waals surface area (Å²) in [5.74, 6) is -0.315. The SMILES string of the molecule is C/C=C/C(=O)N=C1C=CC=CC1(OC)c1nc2ccccc2s1. The number of aromatic nitrogens is 1. The van der Waals surface area contributed by atoms with Crippen LogP contribution in [0.25, 0.3) is 10.2 Å². The minimum Gasteiger partial charge on any atom is -0.361 e. The third kappa shape index (κ3) is 2.81. The van der Waals surface area contributed by atoms with E-state index in [-0.39, 0.29) is 5.91 Å². The molecule has 0 bridgehead atoms. The molecule has 0 saturated carbocycles. The number of allylic oxidation sites excluding steroid dienone is 3. The van der Waals surface area contributed by atoms with Gasteiger partial charge in [-0.1, -0.05) is 30.4 Å². The van der Waals surface area contributed by atoms with Gasteiger partial charge in [0.2, 0.25) is 0 Å². The van der Waals surface area contributed by atoms with E-state index in [1.807, 2.05) is 42.5 Å². The van der Waals surface area contributed by atoms with Gasteiger partial charge in [0.25, 0.3) is 5.91 Å². The zero-order valence-electron chi connectivity index (χ0n) is 12.9. The molecule has 2 aromatic rings. The highest BCUT2D eigenvalue weighted by Crippen LogP contribution is 2.36. The summed E-state index contributed by atoms with van der Waals surface area (Å²) in [6.07, 6.45) is 10.5. The summed E-state index contributed by atoms with van der Waals surface area (Å²) >= 11 is 1.54. The molecule has 0 aliphatic heterocycles. The van der Waals surface area contributed by atoms with Crippen LogP contribution in [0.15, 0.2) is 65.7 Å². The number of carbonyl (C=O) groups excluding carboxylic acids is 1. The van der Waals surface area contributed by atoms with Gasteiger partial charge in [-0.2, -0.15) is 0 Å². The molecule has 5 heteroatoms. The Morgan fingerprint density at radius 1 is 1.35 bits per heavy atom. The average Bonchev–Trinajstić information content (AvgIpc) is 3.00. The van der Waals surface area contributed by atoms with Crippen LogP contribution in [0.4, 0.5) is 0 Å². The number of aliphatic imine (C=N–C) groups is 1. The zero-order valence-corrected chi connectivity index (χ0v) is 13.7. The molecule has 1 aromatic heterocycles. The number of hydrogen-bond acceptors (Lipinski definition) is 4. The van der Waals surface area contributed by atoms with E-state index in [1.54, 1.807) is 37.5 Å². The lowest BCUT2D eigenvalue weighted by Crippen LogP contribution is -2.36. The maximum atomic E-state index is 11.9. The van der Waals surface area contributed by atoms with Crippen LogP contribution in [-0.4, -0.2) is 23.7 Å². The number of nitrogens with zero attached hydrogens (tertiary/aromatic N) is 2. The molecule has 0 radical (unpaired) electrons. The first-order valence-corrected chi connectivity index (χ1v) is 8.04. The molecule has 1 aromatic carbocycles. The molecule has 23 heavy (non-hydrogen) atoms. The largest absolute Gasteiger partial charge is 0.361 e. The number of methoxy groups -OCH3 is 1. The number of carbonyl (C=O) groups is 1. The lowest BCUT2D eigenvalue weighted by Gasteiger charge is -2.28. The number of para-hydroxylation sites is 1. The molecule has 0 fully saturated rings. The molecule has 1 amide bonds. The maximum absolute atomic E-state index is 11.9. The average molecular weight is 324 g/mol. The summed E-state index contributed by atoms with van der Waals surface area (Å²) in [6, 6.07) is 7.91. The number of ether oxygens (including phenoxy) is 1. The molecule has 0 N–H and O–H groups in total. The van der Waals surface area contributed by atoms with Crippen LogP contribution in [0.2, 0.25) is 0 Å². The van der Waals surface area contributed by atoms with Gasteiger partial charge in [0.1, 0.15) is 5.01 Å². The molecule has 0 spiro atoms. The maximum Gasteiger partial charge on any atom is 0.269 e. The number of benzene rings is 1. The van der Waals surface area contributed by atoms with Crippen LogP contribution < -0.4 is 0 Å². The topological polar surface area (TPSA) is 51.5 Å². The van der Waals surface area contributed by atoms with Gasteiger partial charge in [0.05, 0.1) is 15.9 Å². The predicted octanol–water partition coefficient (Wildman–Crippen LogP) is 3.81. The van der Waals surface area contributed by atoms with Crippen LogP contribution in [0, 0.1) is 0 Å². The minimum absolute atomic E-state index is 0.315. The van der Waals surface area contributed by atoms with E-state index >= 15 is 0 Å². The summed E-state index contributed by atoms with van der Waals surface area (Å²) in [4.78, 5) is 20.8. The number of rotatable bonds is 3. The van der Waals surface area contributed by atoms with Crippen molar-refractivity contribution in [2.75, 3.05) is 7.11 Å². The van der Waals surface area contributed by atoms with E-state index in [2.05, 4.69) is 9.98 Å². The van der Waals surface area contributed by atoms with Crippen LogP contribution in [0.1, 0.15) is 11.9 Å². The Morgan fingerprint density at radius 3 is 2.91 bits per heavy atom. The van der Waals surface area contributed by atoms with Crippen molar-refractivity contribution in [3.05, 3.63) is 65.7 Å². The van der Waals surface area contributed by atoms with Gasteiger partial charge in [0.15, 0.2) is 5.60 Å². The summed E-state index contributed by atoms with van der Waals surface area (Å²) in [5.41, 5.74) is 0.506. The van der Waals surface area contributed by atoms with Crippen LogP contribution in [0.5, 0.6) is 0 Å². The van der Waals surface area contributed by atoms with Crippen LogP contribution in [0.3, 0.4) is 0 Å². The van der Waals surface area contributed by atoms with Crippen molar-refractivity contribution in [3.63, 3.8) is 0 Å². The van der Waals surface area contributed by atoms with E-state index in [4.69, 9.17) is 4.74 Å². The standard InChI is InChI=1S/C18H16N2O2S/c1-3-8-16(21)20-15-11-6-7-12-18(15,22-2)17-19-13-9-4-5-10-14(13)23-17/h3-12H,1-2H3/b8-3+,20-15?. The molecule has 1 unspecified atom stereocenters. The van der Waals surface area contributed by atoms with Gasteiger partial charge in [-0.3, -0.25) is 4.79 Å². The molecule has 1 aliphatic carbocycles. The molecule has 0 saturated heterocycles.